The van der Waals surface area contributed by atoms with Crippen molar-refractivity contribution in [2.24, 2.45) is 5.92 Å². The van der Waals surface area contributed by atoms with Crippen molar-refractivity contribution in [1.29, 1.82) is 0 Å². The number of nitrogens with one attached hydrogen (secondary N) is 2. The zero-order chi connectivity index (χ0) is 16.9. The summed E-state index contributed by atoms with van der Waals surface area (Å²) >= 11 is 1.66. The summed E-state index contributed by atoms with van der Waals surface area (Å²) in [6.07, 6.45) is 5.01. The topological polar surface area (TPSA) is 71.1 Å². The molecule has 2 N–H and O–H groups in total. The largest absolute Gasteiger partial charge is 0.354 e. The molecule has 1 saturated carbocycles. The fourth-order valence-electron chi connectivity index (χ4n) is 3.34. The molecule has 1 aliphatic rings. The average molecular weight is 345 g/mol. The highest BCUT2D eigenvalue weighted by atomic mass is 32.1. The van der Waals surface area contributed by atoms with E-state index in [4.69, 9.17) is 0 Å². The predicted octanol–water partition coefficient (Wildman–Crippen LogP) is 2.65. The van der Waals surface area contributed by atoms with Gasteiger partial charge in [-0.05, 0) is 30.9 Å². The summed E-state index contributed by atoms with van der Waals surface area (Å²) in [6, 6.07) is 7.64. The van der Waals surface area contributed by atoms with Crippen LogP contribution in [0.25, 0.3) is 10.2 Å². The lowest BCUT2D eigenvalue weighted by atomic mass is 9.97. The molecule has 1 aliphatic carbocycles. The van der Waals surface area contributed by atoms with E-state index >= 15 is 0 Å². The maximum absolute atomic E-state index is 12.5. The Morgan fingerprint density at radius 2 is 2.04 bits per heavy atom. The van der Waals surface area contributed by atoms with Crippen LogP contribution in [-0.2, 0) is 16.0 Å². The molecule has 2 aromatic rings. The van der Waals surface area contributed by atoms with Crippen molar-refractivity contribution in [1.82, 2.24) is 15.6 Å². The fourth-order valence-corrected chi connectivity index (χ4v) is 4.30. The van der Waals surface area contributed by atoms with E-state index in [0.29, 0.717) is 13.0 Å². The van der Waals surface area contributed by atoms with Crippen LogP contribution in [-0.4, -0.2) is 29.4 Å². The van der Waals surface area contributed by atoms with Gasteiger partial charge in [-0.1, -0.05) is 25.0 Å². The van der Waals surface area contributed by atoms with E-state index in [9.17, 15) is 9.59 Å². The molecule has 1 atom stereocenters. The minimum absolute atomic E-state index is 0.0711. The van der Waals surface area contributed by atoms with Crippen LogP contribution in [0, 0.1) is 5.92 Å². The minimum Gasteiger partial charge on any atom is -0.354 e. The van der Waals surface area contributed by atoms with E-state index in [1.165, 1.54) is 11.6 Å². The van der Waals surface area contributed by atoms with Gasteiger partial charge in [-0.25, -0.2) is 4.98 Å². The number of carbonyl (C=O) groups excluding carboxylic acids is 2. The van der Waals surface area contributed by atoms with E-state index in [1.54, 1.807) is 11.3 Å². The van der Waals surface area contributed by atoms with Crippen molar-refractivity contribution in [3.05, 3.63) is 29.3 Å². The Labute approximate surface area is 145 Å². The van der Waals surface area contributed by atoms with E-state index in [-0.39, 0.29) is 17.7 Å². The fraction of sp³-hybridized carbons (Fsp3) is 0.500. The first-order valence-corrected chi connectivity index (χ1v) is 9.34. The third-order valence-electron chi connectivity index (χ3n) is 4.49. The molecular formula is C18H23N3O2S. The first kappa shape index (κ1) is 16.9. The zero-order valence-corrected chi connectivity index (χ0v) is 14.7. The molecule has 0 radical (unpaired) electrons. The highest BCUT2D eigenvalue weighted by Gasteiger charge is 2.31. The molecule has 0 bridgehead atoms. The number of fused-ring (bicyclic) bond motifs is 1. The van der Waals surface area contributed by atoms with Gasteiger partial charge < -0.3 is 10.6 Å². The number of benzene rings is 1. The van der Waals surface area contributed by atoms with Crippen LogP contribution in [0.3, 0.4) is 0 Å². The average Bonchev–Trinajstić information content (AvgIpc) is 3.21. The summed E-state index contributed by atoms with van der Waals surface area (Å²) < 4.78 is 1.17. The third-order valence-corrected chi connectivity index (χ3v) is 5.58. The second-order valence-electron chi connectivity index (χ2n) is 6.34. The predicted molar refractivity (Wildman–Crippen MR) is 95.9 cm³/mol. The molecule has 0 aliphatic heterocycles. The molecule has 1 heterocycles. The monoisotopic (exact) mass is 345 g/mol. The molecule has 2 amide bonds. The Balaban J connectivity index is 1.55. The standard InChI is InChI=1S/C18H23N3O2S/c1-12(22)20-17(13-6-2-3-7-13)18(23)19-11-10-16-21-14-8-4-5-9-15(14)24-16/h4-5,8-9,13,17H,2-3,6-7,10-11H2,1H3,(H,19,23)(H,20,22). The van der Waals surface area contributed by atoms with E-state index in [2.05, 4.69) is 21.7 Å². The summed E-state index contributed by atoms with van der Waals surface area (Å²) in [5, 5.41) is 6.82. The van der Waals surface area contributed by atoms with E-state index in [1.807, 2.05) is 18.2 Å². The van der Waals surface area contributed by atoms with Crippen molar-refractivity contribution >= 4 is 33.4 Å². The number of aromatic nitrogens is 1. The van der Waals surface area contributed by atoms with Gasteiger partial charge >= 0.3 is 0 Å². The van der Waals surface area contributed by atoms with Crippen LogP contribution in [0.2, 0.25) is 0 Å². The lowest BCUT2D eigenvalue weighted by Crippen LogP contribution is -2.50. The van der Waals surface area contributed by atoms with Crippen molar-refractivity contribution in [2.45, 2.75) is 45.1 Å². The van der Waals surface area contributed by atoms with Gasteiger partial charge in [-0.2, -0.15) is 0 Å². The third kappa shape index (κ3) is 4.12. The van der Waals surface area contributed by atoms with Crippen molar-refractivity contribution in [3.8, 4) is 0 Å². The van der Waals surface area contributed by atoms with Crippen molar-refractivity contribution in [2.75, 3.05) is 6.54 Å². The number of thiazole rings is 1. The number of para-hydroxylation sites is 1. The van der Waals surface area contributed by atoms with Crippen LogP contribution < -0.4 is 10.6 Å². The number of hydrogen-bond acceptors (Lipinski definition) is 4. The van der Waals surface area contributed by atoms with Crippen LogP contribution in [0.1, 0.15) is 37.6 Å². The molecule has 0 spiro atoms. The van der Waals surface area contributed by atoms with Gasteiger partial charge in [-0.3, -0.25) is 9.59 Å². The zero-order valence-electron chi connectivity index (χ0n) is 13.9. The number of amides is 2. The molecule has 1 aromatic carbocycles. The molecular weight excluding hydrogens is 322 g/mol. The summed E-state index contributed by atoms with van der Waals surface area (Å²) in [5.41, 5.74) is 1.01. The molecule has 128 valence electrons. The molecule has 6 heteroatoms. The summed E-state index contributed by atoms with van der Waals surface area (Å²) in [5.74, 6) is 0.0442. The summed E-state index contributed by atoms with van der Waals surface area (Å²) in [6.45, 7) is 2.01. The van der Waals surface area contributed by atoms with Gasteiger partial charge in [-0.15, -0.1) is 11.3 Å². The normalized spacial score (nSPS) is 16.2. The summed E-state index contributed by atoms with van der Waals surface area (Å²) in [7, 11) is 0. The maximum atomic E-state index is 12.5. The Bertz CT molecular complexity index is 689. The Kier molecular flexibility index (Phi) is 5.45. The molecule has 3 rings (SSSR count). The quantitative estimate of drug-likeness (QED) is 0.845. The first-order valence-electron chi connectivity index (χ1n) is 8.53. The first-order chi connectivity index (χ1) is 11.6. The second-order valence-corrected chi connectivity index (χ2v) is 7.45. The molecule has 1 unspecified atom stereocenters. The SMILES string of the molecule is CC(=O)NC(C(=O)NCCc1nc2ccccc2s1)C1CCCC1. The van der Waals surface area contributed by atoms with Crippen LogP contribution in [0.4, 0.5) is 0 Å². The second kappa shape index (κ2) is 7.75. The molecule has 0 saturated heterocycles. The summed E-state index contributed by atoms with van der Waals surface area (Å²) in [4.78, 5) is 28.5. The Morgan fingerprint density at radius 3 is 2.75 bits per heavy atom. The molecule has 5 nitrogen and oxygen atoms in total. The number of carbonyl (C=O) groups is 2. The van der Waals surface area contributed by atoms with E-state index in [0.717, 1.165) is 36.2 Å². The van der Waals surface area contributed by atoms with Gasteiger partial charge in [0.25, 0.3) is 0 Å². The van der Waals surface area contributed by atoms with Crippen molar-refractivity contribution in [3.63, 3.8) is 0 Å². The van der Waals surface area contributed by atoms with E-state index < -0.39 is 6.04 Å². The number of hydrogen-bond donors (Lipinski definition) is 2. The molecule has 1 fully saturated rings. The highest BCUT2D eigenvalue weighted by molar-refractivity contribution is 7.18. The highest BCUT2D eigenvalue weighted by Crippen LogP contribution is 2.28. The van der Waals surface area contributed by atoms with Gasteiger partial charge in [0.05, 0.1) is 15.2 Å². The van der Waals surface area contributed by atoms with Crippen molar-refractivity contribution < 1.29 is 9.59 Å². The van der Waals surface area contributed by atoms with Crippen LogP contribution >= 0.6 is 11.3 Å². The van der Waals surface area contributed by atoms with Gasteiger partial charge in [0.15, 0.2) is 0 Å². The van der Waals surface area contributed by atoms with Gasteiger partial charge in [0.2, 0.25) is 11.8 Å². The maximum Gasteiger partial charge on any atom is 0.242 e. The Hall–Kier alpha value is -1.95. The van der Waals surface area contributed by atoms with Gasteiger partial charge in [0, 0.05) is 19.9 Å². The van der Waals surface area contributed by atoms with Gasteiger partial charge in [0.1, 0.15) is 6.04 Å². The lowest BCUT2D eigenvalue weighted by Gasteiger charge is -2.23. The smallest absolute Gasteiger partial charge is 0.242 e. The molecule has 1 aromatic heterocycles. The van der Waals surface area contributed by atoms with Crippen LogP contribution in [0.5, 0.6) is 0 Å². The number of nitrogens with zero attached hydrogens (tertiary/aromatic N) is 1. The Morgan fingerprint density at radius 1 is 1.29 bits per heavy atom. The lowest BCUT2D eigenvalue weighted by molar-refractivity contribution is -0.129. The molecule has 24 heavy (non-hydrogen) atoms. The number of rotatable bonds is 6. The van der Waals surface area contributed by atoms with Crippen LogP contribution in [0.15, 0.2) is 24.3 Å². The minimum atomic E-state index is -0.402.